The molecule has 1 aliphatic carbocycles. The van der Waals surface area contributed by atoms with Gasteiger partial charge in [-0.3, -0.25) is 24.5 Å². The van der Waals surface area contributed by atoms with Gasteiger partial charge >= 0.3 is 0 Å². The first kappa shape index (κ1) is 28.1. The molecule has 35 heavy (non-hydrogen) atoms. The lowest BCUT2D eigenvalue weighted by molar-refractivity contribution is -0.126. The van der Waals surface area contributed by atoms with E-state index in [9.17, 15) is 19.2 Å². The van der Waals surface area contributed by atoms with Gasteiger partial charge in [0.05, 0.1) is 0 Å². The molecule has 1 atom stereocenters. The summed E-state index contributed by atoms with van der Waals surface area (Å²) >= 11 is 0. The minimum Gasteiger partial charge on any atom is -0.356 e. The molecule has 190 valence electrons. The molecule has 0 bridgehead atoms. The van der Waals surface area contributed by atoms with Gasteiger partial charge in [-0.2, -0.15) is 0 Å². The third kappa shape index (κ3) is 9.53. The highest BCUT2D eigenvalue weighted by Crippen LogP contribution is 2.22. The predicted molar refractivity (Wildman–Crippen MR) is 135 cm³/mol. The van der Waals surface area contributed by atoms with Crippen LogP contribution >= 0.6 is 0 Å². The fourth-order valence-electron chi connectivity index (χ4n) is 4.42. The van der Waals surface area contributed by atoms with Crippen LogP contribution in [0.3, 0.4) is 0 Å². The number of nitrogens with one attached hydrogen (secondary N) is 2. The summed E-state index contributed by atoms with van der Waals surface area (Å²) in [5.74, 6) is 6.18. The molecule has 1 unspecified atom stereocenters. The molecule has 8 nitrogen and oxygen atoms in total. The number of hydrogen-bond donors (Lipinski definition) is 2. The minimum atomic E-state index is -0.348. The second-order valence-electron chi connectivity index (χ2n) is 9.31. The van der Waals surface area contributed by atoms with Gasteiger partial charge in [0.1, 0.15) is 0 Å². The number of hydrogen-bond acceptors (Lipinski definition) is 5. The van der Waals surface area contributed by atoms with E-state index in [4.69, 9.17) is 0 Å². The highest BCUT2D eigenvalue weighted by Gasteiger charge is 2.23. The molecule has 0 heterocycles. The van der Waals surface area contributed by atoms with E-state index in [2.05, 4.69) is 34.4 Å². The van der Waals surface area contributed by atoms with Gasteiger partial charge in [0.15, 0.2) is 0 Å². The fourth-order valence-corrected chi connectivity index (χ4v) is 4.42. The van der Waals surface area contributed by atoms with Crippen molar-refractivity contribution in [3.05, 3.63) is 34.9 Å². The molecule has 1 fully saturated rings. The zero-order valence-electron chi connectivity index (χ0n) is 21.1. The van der Waals surface area contributed by atoms with Gasteiger partial charge in [0.2, 0.25) is 25.1 Å². The Morgan fingerprint density at radius 2 is 1.91 bits per heavy atom. The third-order valence-electron chi connectivity index (χ3n) is 6.86. The third-order valence-corrected chi connectivity index (χ3v) is 6.86. The maximum atomic E-state index is 11.7. The second kappa shape index (κ2) is 14.9. The van der Waals surface area contributed by atoms with Gasteiger partial charge in [0, 0.05) is 49.6 Å². The van der Waals surface area contributed by atoms with Crippen LogP contribution in [0.1, 0.15) is 68.6 Å². The second-order valence-corrected chi connectivity index (χ2v) is 9.31. The standard InChI is InChI=1S/C27H38N4O4/c1-21-7-9-23(6-4-5-15-30(3)26-12-10-25(11-13-26)28-18-32)16-24(21)17-31(20-34)22(2)8-14-27(35)29-19-33/h7,9,16,18-20,22,25-26H,5,8,10-15,17H2,1-3H3,(H,28,32)(H,29,33,35)/t22?,25-,26+. The molecular formula is C27H38N4O4. The van der Waals surface area contributed by atoms with Crippen LogP contribution in [0.15, 0.2) is 18.2 Å². The number of amides is 4. The van der Waals surface area contributed by atoms with Gasteiger partial charge in [-0.1, -0.05) is 17.9 Å². The van der Waals surface area contributed by atoms with Crippen molar-refractivity contribution >= 4 is 25.1 Å². The Labute approximate surface area is 208 Å². The molecule has 1 aliphatic rings. The van der Waals surface area contributed by atoms with Gasteiger partial charge in [0.25, 0.3) is 0 Å². The zero-order chi connectivity index (χ0) is 25.6. The highest BCUT2D eigenvalue weighted by atomic mass is 16.2. The van der Waals surface area contributed by atoms with Crippen molar-refractivity contribution in [1.29, 1.82) is 0 Å². The van der Waals surface area contributed by atoms with Crippen molar-refractivity contribution < 1.29 is 19.2 Å². The Hall–Kier alpha value is -3.18. The number of aryl methyl sites for hydroxylation is 1. The van der Waals surface area contributed by atoms with Crippen LogP contribution in [0.25, 0.3) is 0 Å². The van der Waals surface area contributed by atoms with Gasteiger partial charge in [-0.05, 0) is 76.3 Å². The molecule has 0 aromatic heterocycles. The summed E-state index contributed by atoms with van der Waals surface area (Å²) in [6.45, 7) is 5.23. The average molecular weight is 483 g/mol. The molecule has 4 amide bonds. The molecule has 1 aromatic carbocycles. The van der Waals surface area contributed by atoms with Crippen molar-refractivity contribution in [2.45, 2.75) is 83.5 Å². The first-order valence-corrected chi connectivity index (χ1v) is 12.3. The van der Waals surface area contributed by atoms with Crippen molar-refractivity contribution in [2.24, 2.45) is 0 Å². The van der Waals surface area contributed by atoms with Crippen LogP contribution in [-0.4, -0.2) is 66.7 Å². The smallest absolute Gasteiger partial charge is 0.226 e. The molecule has 0 saturated heterocycles. The molecule has 1 aromatic rings. The number of carbonyl (C=O) groups is 4. The van der Waals surface area contributed by atoms with Crippen LogP contribution < -0.4 is 10.6 Å². The van der Waals surface area contributed by atoms with E-state index in [-0.39, 0.29) is 18.4 Å². The SMILES string of the molecule is Cc1ccc(C#CCCN(C)[C@H]2CC[C@@H](NC=O)CC2)cc1CN(C=O)C(C)CCC(=O)NC=O. The number of rotatable bonds is 13. The summed E-state index contributed by atoms with van der Waals surface area (Å²) in [7, 11) is 2.14. The van der Waals surface area contributed by atoms with Crippen LogP contribution in [0.5, 0.6) is 0 Å². The molecule has 1 saturated carbocycles. The topological polar surface area (TPSA) is 98.8 Å². The summed E-state index contributed by atoms with van der Waals surface area (Å²) in [5, 5.41) is 5.01. The number of carbonyl (C=O) groups excluding carboxylic acids is 4. The van der Waals surface area contributed by atoms with Gasteiger partial charge in [-0.25, -0.2) is 0 Å². The zero-order valence-corrected chi connectivity index (χ0v) is 21.1. The van der Waals surface area contributed by atoms with Crippen molar-refractivity contribution in [3.63, 3.8) is 0 Å². The highest BCUT2D eigenvalue weighted by molar-refractivity contribution is 5.85. The molecule has 0 spiro atoms. The maximum absolute atomic E-state index is 11.7. The minimum absolute atomic E-state index is 0.140. The molecule has 0 radical (unpaired) electrons. The predicted octanol–water partition coefficient (Wildman–Crippen LogP) is 2.13. The van der Waals surface area contributed by atoms with Gasteiger partial charge in [-0.15, -0.1) is 0 Å². The van der Waals surface area contributed by atoms with Crippen molar-refractivity contribution in [1.82, 2.24) is 20.4 Å². The Balaban J connectivity index is 1.88. The van der Waals surface area contributed by atoms with E-state index >= 15 is 0 Å². The molecular weight excluding hydrogens is 444 g/mol. The lowest BCUT2D eigenvalue weighted by Gasteiger charge is -2.34. The maximum Gasteiger partial charge on any atom is 0.226 e. The van der Waals surface area contributed by atoms with E-state index in [0.717, 1.165) is 68.2 Å². The van der Waals surface area contributed by atoms with Crippen LogP contribution in [0.4, 0.5) is 0 Å². The first-order chi connectivity index (χ1) is 16.9. The van der Waals surface area contributed by atoms with E-state index in [1.54, 1.807) is 4.90 Å². The average Bonchev–Trinajstić information content (AvgIpc) is 2.86. The molecule has 8 heteroatoms. The summed E-state index contributed by atoms with van der Waals surface area (Å²) in [4.78, 5) is 48.2. The quantitative estimate of drug-likeness (QED) is 0.332. The largest absolute Gasteiger partial charge is 0.356 e. The monoisotopic (exact) mass is 482 g/mol. The Bertz CT molecular complexity index is 915. The molecule has 2 rings (SSSR count). The van der Waals surface area contributed by atoms with E-state index in [1.165, 1.54) is 0 Å². The summed E-state index contributed by atoms with van der Waals surface area (Å²) in [6, 6.07) is 6.74. The number of nitrogens with zero attached hydrogens (tertiary/aromatic N) is 2. The summed E-state index contributed by atoms with van der Waals surface area (Å²) in [5.41, 5.74) is 3.01. The number of benzene rings is 1. The number of imide groups is 1. The Morgan fingerprint density at radius 1 is 1.17 bits per heavy atom. The van der Waals surface area contributed by atoms with E-state index in [0.29, 0.717) is 31.5 Å². The summed E-state index contributed by atoms with van der Waals surface area (Å²) in [6.07, 6.45) is 7.62. The Morgan fingerprint density at radius 3 is 2.57 bits per heavy atom. The van der Waals surface area contributed by atoms with Crippen LogP contribution in [0.2, 0.25) is 0 Å². The van der Waals surface area contributed by atoms with E-state index in [1.807, 2.05) is 32.0 Å². The van der Waals surface area contributed by atoms with Crippen molar-refractivity contribution in [2.75, 3.05) is 13.6 Å². The molecule has 0 aliphatic heterocycles. The lowest BCUT2D eigenvalue weighted by atomic mass is 9.90. The van der Waals surface area contributed by atoms with Crippen molar-refractivity contribution in [3.8, 4) is 11.8 Å². The summed E-state index contributed by atoms with van der Waals surface area (Å²) < 4.78 is 0. The first-order valence-electron chi connectivity index (χ1n) is 12.3. The van der Waals surface area contributed by atoms with E-state index < -0.39 is 0 Å². The van der Waals surface area contributed by atoms with Crippen LogP contribution in [0, 0.1) is 18.8 Å². The molecule has 2 N–H and O–H groups in total. The normalized spacial score (nSPS) is 18.1. The lowest BCUT2D eigenvalue weighted by Crippen LogP contribution is -2.40. The van der Waals surface area contributed by atoms with Gasteiger partial charge < -0.3 is 15.1 Å². The Kier molecular flexibility index (Phi) is 12.0. The van der Waals surface area contributed by atoms with Crippen LogP contribution in [-0.2, 0) is 25.7 Å². The fraction of sp³-hybridized carbons (Fsp3) is 0.556.